The quantitative estimate of drug-likeness (QED) is 0.823. The van der Waals surface area contributed by atoms with Crippen LogP contribution in [0.25, 0.3) is 0 Å². The van der Waals surface area contributed by atoms with Crippen LogP contribution in [-0.4, -0.2) is 35.1 Å². The zero-order valence-electron chi connectivity index (χ0n) is 12.7. The van der Waals surface area contributed by atoms with Crippen molar-refractivity contribution in [2.75, 3.05) is 13.1 Å². The fourth-order valence-electron chi connectivity index (χ4n) is 2.31. The van der Waals surface area contributed by atoms with Crippen LogP contribution in [0.4, 0.5) is 4.39 Å². The SMILES string of the molecule is CC(NCCN(C(C)C)C(C)C)c1cncc(F)c1. The van der Waals surface area contributed by atoms with Crippen LogP contribution in [0.15, 0.2) is 18.5 Å². The first kappa shape index (κ1) is 16.1. The molecule has 0 aliphatic heterocycles. The Morgan fingerprint density at radius 2 is 1.79 bits per heavy atom. The Morgan fingerprint density at radius 1 is 1.16 bits per heavy atom. The lowest BCUT2D eigenvalue weighted by Gasteiger charge is -2.31. The van der Waals surface area contributed by atoms with E-state index in [1.807, 2.05) is 6.92 Å². The number of nitrogens with zero attached hydrogens (tertiary/aromatic N) is 2. The second-order valence-corrected chi connectivity index (χ2v) is 5.54. The number of halogens is 1. The Bertz CT molecular complexity index is 371. The molecule has 1 aromatic heterocycles. The maximum atomic E-state index is 13.1. The first-order valence-electron chi connectivity index (χ1n) is 7.01. The van der Waals surface area contributed by atoms with Crippen LogP contribution >= 0.6 is 0 Å². The molecule has 1 atom stereocenters. The molecule has 1 rings (SSSR count). The number of aromatic nitrogens is 1. The highest BCUT2D eigenvalue weighted by molar-refractivity contribution is 5.14. The zero-order chi connectivity index (χ0) is 14.4. The Balaban J connectivity index is 2.44. The Kier molecular flexibility index (Phi) is 6.38. The van der Waals surface area contributed by atoms with Crippen molar-refractivity contribution in [1.82, 2.24) is 15.2 Å². The van der Waals surface area contributed by atoms with Gasteiger partial charge in [0.2, 0.25) is 0 Å². The minimum absolute atomic E-state index is 0.115. The molecule has 1 N–H and O–H groups in total. The van der Waals surface area contributed by atoms with Crippen LogP contribution in [0.1, 0.15) is 46.2 Å². The van der Waals surface area contributed by atoms with Gasteiger partial charge in [-0.3, -0.25) is 9.88 Å². The maximum Gasteiger partial charge on any atom is 0.141 e. The molecule has 0 amide bonds. The average molecular weight is 267 g/mol. The molecule has 0 radical (unpaired) electrons. The molecule has 4 heteroatoms. The number of pyridine rings is 1. The molecular weight excluding hydrogens is 241 g/mol. The average Bonchev–Trinajstić information content (AvgIpc) is 2.33. The fourth-order valence-corrected chi connectivity index (χ4v) is 2.31. The van der Waals surface area contributed by atoms with Crippen LogP contribution in [0.3, 0.4) is 0 Å². The van der Waals surface area contributed by atoms with Crippen molar-refractivity contribution in [3.05, 3.63) is 29.8 Å². The molecule has 0 saturated carbocycles. The van der Waals surface area contributed by atoms with Crippen molar-refractivity contribution >= 4 is 0 Å². The molecule has 0 fully saturated rings. The van der Waals surface area contributed by atoms with Gasteiger partial charge in [0.1, 0.15) is 5.82 Å². The summed E-state index contributed by atoms with van der Waals surface area (Å²) in [6.07, 6.45) is 2.94. The molecule has 3 nitrogen and oxygen atoms in total. The van der Waals surface area contributed by atoms with E-state index in [1.54, 1.807) is 6.20 Å². The van der Waals surface area contributed by atoms with Crippen LogP contribution in [-0.2, 0) is 0 Å². The maximum absolute atomic E-state index is 13.1. The summed E-state index contributed by atoms with van der Waals surface area (Å²) in [5, 5.41) is 3.42. The molecule has 0 aliphatic carbocycles. The van der Waals surface area contributed by atoms with Crippen LogP contribution < -0.4 is 5.32 Å². The van der Waals surface area contributed by atoms with E-state index in [0.29, 0.717) is 12.1 Å². The van der Waals surface area contributed by atoms with E-state index in [9.17, 15) is 4.39 Å². The van der Waals surface area contributed by atoms with Crippen LogP contribution in [0, 0.1) is 5.82 Å². The zero-order valence-corrected chi connectivity index (χ0v) is 12.7. The molecule has 0 bridgehead atoms. The molecule has 1 unspecified atom stereocenters. The van der Waals surface area contributed by atoms with Crippen molar-refractivity contribution in [2.24, 2.45) is 0 Å². The Morgan fingerprint density at radius 3 is 2.32 bits per heavy atom. The van der Waals surface area contributed by atoms with Gasteiger partial charge in [-0.25, -0.2) is 4.39 Å². The van der Waals surface area contributed by atoms with E-state index < -0.39 is 0 Å². The summed E-state index contributed by atoms with van der Waals surface area (Å²) in [7, 11) is 0. The van der Waals surface area contributed by atoms with Gasteiger partial charge in [0.25, 0.3) is 0 Å². The van der Waals surface area contributed by atoms with Crippen molar-refractivity contribution in [2.45, 2.75) is 52.7 Å². The van der Waals surface area contributed by atoms with Crippen molar-refractivity contribution < 1.29 is 4.39 Å². The van der Waals surface area contributed by atoms with E-state index in [2.05, 4.69) is 42.9 Å². The van der Waals surface area contributed by atoms with Gasteiger partial charge in [0, 0.05) is 37.4 Å². The second kappa shape index (κ2) is 7.56. The lowest BCUT2D eigenvalue weighted by molar-refractivity contribution is 0.174. The van der Waals surface area contributed by atoms with Crippen molar-refractivity contribution in [3.63, 3.8) is 0 Å². The van der Waals surface area contributed by atoms with Gasteiger partial charge in [-0.05, 0) is 46.2 Å². The van der Waals surface area contributed by atoms with Gasteiger partial charge in [-0.15, -0.1) is 0 Å². The predicted molar refractivity (Wildman–Crippen MR) is 77.6 cm³/mol. The largest absolute Gasteiger partial charge is 0.309 e. The molecule has 19 heavy (non-hydrogen) atoms. The number of hydrogen-bond acceptors (Lipinski definition) is 3. The van der Waals surface area contributed by atoms with E-state index in [4.69, 9.17) is 0 Å². The molecule has 1 aromatic rings. The highest BCUT2D eigenvalue weighted by Crippen LogP contribution is 2.12. The molecule has 108 valence electrons. The van der Waals surface area contributed by atoms with Gasteiger partial charge < -0.3 is 5.32 Å². The minimum Gasteiger partial charge on any atom is -0.309 e. The van der Waals surface area contributed by atoms with E-state index in [-0.39, 0.29) is 11.9 Å². The second-order valence-electron chi connectivity index (χ2n) is 5.54. The summed E-state index contributed by atoms with van der Waals surface area (Å²) < 4.78 is 13.1. The normalized spacial score (nSPS) is 13.5. The molecule has 0 aliphatic rings. The monoisotopic (exact) mass is 267 g/mol. The van der Waals surface area contributed by atoms with Gasteiger partial charge in [-0.2, -0.15) is 0 Å². The summed E-state index contributed by atoms with van der Waals surface area (Å²) in [4.78, 5) is 6.31. The summed E-state index contributed by atoms with van der Waals surface area (Å²) in [6.45, 7) is 12.7. The first-order chi connectivity index (χ1) is 8.91. The topological polar surface area (TPSA) is 28.2 Å². The van der Waals surface area contributed by atoms with E-state index >= 15 is 0 Å². The summed E-state index contributed by atoms with van der Waals surface area (Å²) in [6, 6.07) is 2.72. The molecular formula is C15H26FN3. The van der Waals surface area contributed by atoms with E-state index in [0.717, 1.165) is 18.7 Å². The molecule has 0 aromatic carbocycles. The summed E-state index contributed by atoms with van der Waals surface area (Å²) in [5.41, 5.74) is 0.889. The molecule has 0 spiro atoms. The lowest BCUT2D eigenvalue weighted by Crippen LogP contribution is -2.41. The van der Waals surface area contributed by atoms with Gasteiger partial charge >= 0.3 is 0 Å². The number of nitrogens with one attached hydrogen (secondary N) is 1. The Hall–Kier alpha value is -1.00. The number of hydrogen-bond donors (Lipinski definition) is 1. The third-order valence-corrected chi connectivity index (χ3v) is 3.37. The highest BCUT2D eigenvalue weighted by Gasteiger charge is 2.13. The third-order valence-electron chi connectivity index (χ3n) is 3.37. The van der Waals surface area contributed by atoms with Gasteiger partial charge in [0.05, 0.1) is 6.20 Å². The summed E-state index contributed by atoms with van der Waals surface area (Å²) >= 11 is 0. The third kappa shape index (κ3) is 5.25. The Labute approximate surface area is 116 Å². The van der Waals surface area contributed by atoms with E-state index in [1.165, 1.54) is 12.3 Å². The molecule has 1 heterocycles. The highest BCUT2D eigenvalue weighted by atomic mass is 19.1. The standard InChI is InChI=1S/C15H26FN3/c1-11(2)19(12(3)4)7-6-18-13(5)14-8-15(16)10-17-9-14/h8-13,18H,6-7H2,1-5H3. The molecule has 0 saturated heterocycles. The fraction of sp³-hybridized carbons (Fsp3) is 0.667. The smallest absolute Gasteiger partial charge is 0.141 e. The lowest BCUT2D eigenvalue weighted by atomic mass is 10.1. The number of rotatable bonds is 7. The predicted octanol–water partition coefficient (Wildman–Crippen LogP) is 2.99. The summed E-state index contributed by atoms with van der Waals surface area (Å²) in [5.74, 6) is -0.280. The first-order valence-corrected chi connectivity index (χ1v) is 7.01. The van der Waals surface area contributed by atoms with Gasteiger partial charge in [0.15, 0.2) is 0 Å². The van der Waals surface area contributed by atoms with Crippen molar-refractivity contribution in [3.8, 4) is 0 Å². The van der Waals surface area contributed by atoms with Crippen LogP contribution in [0.2, 0.25) is 0 Å². The van der Waals surface area contributed by atoms with Gasteiger partial charge in [-0.1, -0.05) is 0 Å². The van der Waals surface area contributed by atoms with Crippen LogP contribution in [0.5, 0.6) is 0 Å². The minimum atomic E-state index is -0.280. The van der Waals surface area contributed by atoms with Crippen molar-refractivity contribution in [1.29, 1.82) is 0 Å².